The molecule has 0 saturated carbocycles. The SMILES string of the molecule is Cc1cccc(C)c1-c1nc2c([nH]1)-c1ccncc1Nc1ncccc1-2. The number of nitrogens with one attached hydrogen (secondary N) is 2. The van der Waals surface area contributed by atoms with E-state index in [-0.39, 0.29) is 0 Å². The van der Waals surface area contributed by atoms with Crippen LogP contribution in [0.5, 0.6) is 0 Å². The van der Waals surface area contributed by atoms with Crippen LogP contribution in [0.2, 0.25) is 0 Å². The summed E-state index contributed by atoms with van der Waals surface area (Å²) in [5, 5.41) is 3.38. The van der Waals surface area contributed by atoms with Crippen LogP contribution in [0.1, 0.15) is 11.1 Å². The number of aromatic nitrogens is 4. The molecule has 0 bridgehead atoms. The summed E-state index contributed by atoms with van der Waals surface area (Å²) < 4.78 is 0. The molecule has 1 aromatic carbocycles. The van der Waals surface area contributed by atoms with Crippen LogP contribution in [0.15, 0.2) is 55.0 Å². The van der Waals surface area contributed by atoms with Gasteiger partial charge >= 0.3 is 0 Å². The van der Waals surface area contributed by atoms with Crippen molar-refractivity contribution in [3.63, 3.8) is 0 Å². The van der Waals surface area contributed by atoms with Crippen LogP contribution in [-0.4, -0.2) is 19.9 Å². The molecule has 5 nitrogen and oxygen atoms in total. The van der Waals surface area contributed by atoms with Crippen molar-refractivity contribution in [1.82, 2.24) is 19.9 Å². The Morgan fingerprint density at radius 3 is 2.58 bits per heavy atom. The maximum Gasteiger partial charge on any atom is 0.139 e. The summed E-state index contributed by atoms with van der Waals surface area (Å²) in [6.07, 6.45) is 5.40. The van der Waals surface area contributed by atoms with Crippen LogP contribution in [0.25, 0.3) is 33.9 Å². The second-order valence-electron chi connectivity index (χ2n) is 6.52. The second kappa shape index (κ2) is 5.52. The molecule has 5 rings (SSSR count). The predicted molar refractivity (Wildman–Crippen MR) is 103 cm³/mol. The number of nitrogens with zero attached hydrogens (tertiary/aromatic N) is 3. The lowest BCUT2D eigenvalue weighted by Crippen LogP contribution is -1.96. The van der Waals surface area contributed by atoms with Gasteiger partial charge in [0, 0.05) is 29.1 Å². The zero-order valence-corrected chi connectivity index (χ0v) is 14.5. The Balaban J connectivity index is 1.84. The van der Waals surface area contributed by atoms with Gasteiger partial charge in [-0.1, -0.05) is 18.2 Å². The first kappa shape index (κ1) is 14.8. The number of anilines is 2. The van der Waals surface area contributed by atoms with Crippen molar-refractivity contribution in [3.8, 4) is 33.9 Å². The Hall–Kier alpha value is -3.47. The fourth-order valence-electron chi connectivity index (χ4n) is 3.61. The normalized spacial score (nSPS) is 11.8. The standard InChI is InChI=1S/C21H17N5/c1-12-5-3-6-13(2)17(12)21-25-18-14-8-10-22-11-16(14)24-20-15(19(18)26-21)7-4-9-23-20/h3-11H,1-2H3,(H,23,24)(H,25,26). The Morgan fingerprint density at radius 2 is 1.73 bits per heavy atom. The molecule has 0 spiro atoms. The van der Waals surface area contributed by atoms with Crippen LogP contribution in [0, 0.1) is 13.8 Å². The summed E-state index contributed by atoms with van der Waals surface area (Å²) in [4.78, 5) is 17.3. The van der Waals surface area contributed by atoms with E-state index < -0.39 is 0 Å². The highest BCUT2D eigenvalue weighted by atomic mass is 15.0. The van der Waals surface area contributed by atoms with E-state index in [4.69, 9.17) is 4.98 Å². The molecular formula is C21H17N5. The van der Waals surface area contributed by atoms with E-state index in [1.165, 1.54) is 11.1 Å². The first-order chi connectivity index (χ1) is 12.7. The number of aromatic amines is 1. The van der Waals surface area contributed by atoms with Gasteiger partial charge in [-0.05, 0) is 43.2 Å². The molecule has 0 fully saturated rings. The first-order valence-electron chi connectivity index (χ1n) is 8.56. The van der Waals surface area contributed by atoms with Crippen molar-refractivity contribution in [2.75, 3.05) is 5.32 Å². The molecule has 0 atom stereocenters. The lowest BCUT2D eigenvalue weighted by molar-refractivity contribution is 1.24. The van der Waals surface area contributed by atoms with E-state index in [0.29, 0.717) is 0 Å². The van der Waals surface area contributed by atoms with Crippen LogP contribution in [-0.2, 0) is 0 Å². The van der Waals surface area contributed by atoms with E-state index in [9.17, 15) is 0 Å². The topological polar surface area (TPSA) is 66.5 Å². The third-order valence-electron chi connectivity index (χ3n) is 4.83. The Bertz CT molecular complexity index is 1060. The number of H-pyrrole nitrogens is 1. The molecule has 0 unspecified atom stereocenters. The Morgan fingerprint density at radius 1 is 0.885 bits per heavy atom. The van der Waals surface area contributed by atoms with Crippen LogP contribution in [0.3, 0.4) is 0 Å². The van der Waals surface area contributed by atoms with Gasteiger partial charge in [0.2, 0.25) is 0 Å². The third-order valence-corrected chi connectivity index (χ3v) is 4.83. The highest BCUT2D eigenvalue weighted by molar-refractivity contribution is 5.95. The van der Waals surface area contributed by atoms with Gasteiger partial charge in [0.15, 0.2) is 0 Å². The molecule has 0 radical (unpaired) electrons. The molecule has 0 aliphatic carbocycles. The number of hydrogen-bond donors (Lipinski definition) is 2. The predicted octanol–water partition coefficient (Wildman–Crippen LogP) is 4.87. The fraction of sp³-hybridized carbons (Fsp3) is 0.0952. The summed E-state index contributed by atoms with van der Waals surface area (Å²) in [5.74, 6) is 1.67. The molecular weight excluding hydrogens is 322 g/mol. The third kappa shape index (κ3) is 2.14. The molecule has 0 amide bonds. The molecule has 26 heavy (non-hydrogen) atoms. The number of hydrogen-bond acceptors (Lipinski definition) is 4. The minimum atomic E-state index is 0.792. The number of fused-ring (bicyclic) bond motifs is 5. The van der Waals surface area contributed by atoms with E-state index in [2.05, 4.69) is 52.3 Å². The van der Waals surface area contributed by atoms with Gasteiger partial charge in [-0.15, -0.1) is 0 Å². The molecule has 4 heterocycles. The lowest BCUT2D eigenvalue weighted by Gasteiger charge is -2.09. The maximum absolute atomic E-state index is 4.99. The zero-order chi connectivity index (χ0) is 17.7. The van der Waals surface area contributed by atoms with Crippen LogP contribution >= 0.6 is 0 Å². The van der Waals surface area contributed by atoms with Crippen LogP contribution < -0.4 is 5.32 Å². The number of benzene rings is 1. The van der Waals surface area contributed by atoms with E-state index in [1.54, 1.807) is 12.4 Å². The van der Waals surface area contributed by atoms with Gasteiger partial charge in [-0.3, -0.25) is 4.98 Å². The highest BCUT2D eigenvalue weighted by Crippen LogP contribution is 2.43. The summed E-state index contributed by atoms with van der Waals surface area (Å²) in [6, 6.07) is 12.3. The van der Waals surface area contributed by atoms with Gasteiger partial charge in [0.1, 0.15) is 17.3 Å². The number of aryl methyl sites for hydroxylation is 2. The average Bonchev–Trinajstić information content (AvgIpc) is 3.02. The Kier molecular flexibility index (Phi) is 3.15. The Labute approximate surface area is 151 Å². The summed E-state index contributed by atoms with van der Waals surface area (Å²) in [6.45, 7) is 4.23. The lowest BCUT2D eigenvalue weighted by atomic mass is 10.0. The van der Waals surface area contributed by atoms with Gasteiger partial charge < -0.3 is 10.3 Å². The van der Waals surface area contributed by atoms with Gasteiger partial charge in [-0.25, -0.2) is 9.97 Å². The quantitative estimate of drug-likeness (QED) is 0.457. The molecule has 1 aliphatic rings. The number of pyridine rings is 2. The van der Waals surface area contributed by atoms with Gasteiger partial charge in [0.05, 0.1) is 17.6 Å². The van der Waals surface area contributed by atoms with Gasteiger partial charge in [0.25, 0.3) is 0 Å². The maximum atomic E-state index is 4.99. The van der Waals surface area contributed by atoms with Crippen molar-refractivity contribution in [2.24, 2.45) is 0 Å². The summed E-state index contributed by atoms with van der Waals surface area (Å²) in [5.41, 5.74) is 8.38. The van der Waals surface area contributed by atoms with Crippen molar-refractivity contribution in [1.29, 1.82) is 0 Å². The first-order valence-corrected chi connectivity index (χ1v) is 8.56. The molecule has 3 aromatic heterocycles. The minimum absolute atomic E-state index is 0.792. The molecule has 5 heteroatoms. The molecule has 2 N–H and O–H groups in total. The monoisotopic (exact) mass is 339 g/mol. The highest BCUT2D eigenvalue weighted by Gasteiger charge is 2.24. The van der Waals surface area contributed by atoms with Crippen LogP contribution in [0.4, 0.5) is 11.5 Å². The van der Waals surface area contributed by atoms with E-state index in [1.807, 2.05) is 24.4 Å². The van der Waals surface area contributed by atoms with Crippen molar-refractivity contribution >= 4 is 11.5 Å². The molecule has 0 saturated heterocycles. The largest absolute Gasteiger partial charge is 0.338 e. The van der Waals surface area contributed by atoms with E-state index >= 15 is 0 Å². The van der Waals surface area contributed by atoms with E-state index in [0.717, 1.165) is 45.4 Å². The van der Waals surface area contributed by atoms with Crippen molar-refractivity contribution in [3.05, 3.63) is 66.1 Å². The average molecular weight is 339 g/mol. The number of rotatable bonds is 1. The summed E-state index contributed by atoms with van der Waals surface area (Å²) >= 11 is 0. The second-order valence-corrected chi connectivity index (χ2v) is 6.52. The molecule has 126 valence electrons. The van der Waals surface area contributed by atoms with Crippen molar-refractivity contribution < 1.29 is 0 Å². The molecule has 1 aliphatic heterocycles. The molecule has 4 aromatic rings. The smallest absolute Gasteiger partial charge is 0.139 e. The van der Waals surface area contributed by atoms with Gasteiger partial charge in [-0.2, -0.15) is 0 Å². The zero-order valence-electron chi connectivity index (χ0n) is 14.5. The minimum Gasteiger partial charge on any atom is -0.338 e. The fourth-order valence-corrected chi connectivity index (χ4v) is 3.61. The summed E-state index contributed by atoms with van der Waals surface area (Å²) in [7, 11) is 0. The number of imidazole rings is 1. The van der Waals surface area contributed by atoms with Crippen molar-refractivity contribution in [2.45, 2.75) is 13.8 Å².